The van der Waals surface area contributed by atoms with Crippen molar-refractivity contribution in [3.05, 3.63) is 83.7 Å². The Hall–Kier alpha value is -4.48. The number of anilines is 1. The highest BCUT2D eigenvalue weighted by Crippen LogP contribution is 2.52. The highest BCUT2D eigenvalue weighted by Gasteiger charge is 2.65. The second-order valence-electron chi connectivity index (χ2n) is 8.50. The SMILES string of the molecule is CC(C)n1cc(C(=O)c2cncc(NC(=O)c3ccc(C4(C(F)(F)F)N=N4)cc3)c2)c2cncnc21. The van der Waals surface area contributed by atoms with E-state index in [0.29, 0.717) is 16.6 Å². The van der Waals surface area contributed by atoms with Crippen LogP contribution in [0.4, 0.5) is 18.9 Å². The molecular weight excluding hydrogens is 475 g/mol. The Balaban J connectivity index is 1.36. The van der Waals surface area contributed by atoms with E-state index in [2.05, 4.69) is 30.5 Å². The van der Waals surface area contributed by atoms with Gasteiger partial charge in [-0.05, 0) is 32.0 Å². The number of pyridine rings is 1. The summed E-state index contributed by atoms with van der Waals surface area (Å²) < 4.78 is 41.4. The molecule has 1 amide bonds. The van der Waals surface area contributed by atoms with Crippen LogP contribution in [0.15, 0.2) is 71.7 Å². The van der Waals surface area contributed by atoms with Gasteiger partial charge in [0.15, 0.2) is 5.78 Å². The molecule has 12 heteroatoms. The summed E-state index contributed by atoms with van der Waals surface area (Å²) >= 11 is 0. The summed E-state index contributed by atoms with van der Waals surface area (Å²) in [5.74, 6) is -0.903. The zero-order valence-corrected chi connectivity index (χ0v) is 19.0. The van der Waals surface area contributed by atoms with E-state index >= 15 is 0 Å². The number of amides is 1. The number of fused-ring (bicyclic) bond motifs is 1. The number of nitrogens with zero attached hydrogens (tertiary/aromatic N) is 6. The summed E-state index contributed by atoms with van der Waals surface area (Å²) in [7, 11) is 0. The third-order valence-corrected chi connectivity index (χ3v) is 5.80. The third-order valence-electron chi connectivity index (χ3n) is 5.80. The Morgan fingerprint density at radius 3 is 2.36 bits per heavy atom. The van der Waals surface area contributed by atoms with Gasteiger partial charge in [-0.3, -0.25) is 14.6 Å². The number of nitrogens with one attached hydrogen (secondary N) is 1. The molecule has 0 saturated carbocycles. The van der Waals surface area contributed by atoms with Crippen LogP contribution in [0.3, 0.4) is 0 Å². The maximum Gasteiger partial charge on any atom is 0.442 e. The predicted octanol–water partition coefficient (Wildman–Crippen LogP) is 5.07. The second-order valence-corrected chi connectivity index (χ2v) is 8.50. The lowest BCUT2D eigenvalue weighted by Gasteiger charge is -2.15. The van der Waals surface area contributed by atoms with Crippen LogP contribution in [0, 0.1) is 0 Å². The molecule has 4 heterocycles. The Kier molecular flexibility index (Phi) is 5.38. The first-order valence-corrected chi connectivity index (χ1v) is 10.8. The molecule has 36 heavy (non-hydrogen) atoms. The maximum absolute atomic E-state index is 13.3. The molecule has 5 rings (SSSR count). The van der Waals surface area contributed by atoms with Gasteiger partial charge in [0, 0.05) is 46.7 Å². The topological polar surface area (TPSA) is 114 Å². The number of alkyl halides is 3. The highest BCUT2D eigenvalue weighted by atomic mass is 19.4. The number of rotatable bonds is 6. The fourth-order valence-electron chi connectivity index (χ4n) is 3.85. The van der Waals surface area contributed by atoms with Crippen LogP contribution in [0.5, 0.6) is 0 Å². The van der Waals surface area contributed by atoms with E-state index < -0.39 is 17.7 Å². The van der Waals surface area contributed by atoms with E-state index in [-0.39, 0.29) is 34.2 Å². The molecule has 0 spiro atoms. The van der Waals surface area contributed by atoms with Gasteiger partial charge in [-0.2, -0.15) is 13.2 Å². The maximum atomic E-state index is 13.3. The van der Waals surface area contributed by atoms with Gasteiger partial charge in [-0.1, -0.05) is 12.1 Å². The molecular formula is C24H18F3N7O2. The summed E-state index contributed by atoms with van der Waals surface area (Å²) in [6, 6.07) is 6.37. The Labute approximate surface area is 202 Å². The number of benzene rings is 1. The quantitative estimate of drug-likeness (QED) is 0.377. The van der Waals surface area contributed by atoms with Crippen molar-refractivity contribution in [2.24, 2.45) is 10.2 Å². The predicted molar refractivity (Wildman–Crippen MR) is 123 cm³/mol. The average molecular weight is 493 g/mol. The van der Waals surface area contributed by atoms with Gasteiger partial charge in [0.05, 0.1) is 17.4 Å². The number of hydrogen-bond acceptors (Lipinski definition) is 7. The molecule has 0 atom stereocenters. The molecule has 0 saturated heterocycles. The number of hydrogen-bond donors (Lipinski definition) is 1. The number of ketones is 1. The lowest BCUT2D eigenvalue weighted by molar-refractivity contribution is -0.166. The highest BCUT2D eigenvalue weighted by molar-refractivity contribution is 6.16. The van der Waals surface area contributed by atoms with Crippen molar-refractivity contribution in [3.8, 4) is 0 Å². The molecule has 1 aromatic carbocycles. The Bertz CT molecular complexity index is 1520. The molecule has 182 valence electrons. The lowest BCUT2D eigenvalue weighted by Crippen LogP contribution is -2.30. The number of carbonyl (C=O) groups excluding carboxylic acids is 2. The number of aromatic nitrogens is 4. The second kappa shape index (κ2) is 8.33. The lowest BCUT2D eigenvalue weighted by atomic mass is 10.0. The summed E-state index contributed by atoms with van der Waals surface area (Å²) in [5, 5.41) is 9.51. The van der Waals surface area contributed by atoms with Crippen molar-refractivity contribution < 1.29 is 22.8 Å². The van der Waals surface area contributed by atoms with Gasteiger partial charge in [0.1, 0.15) is 12.0 Å². The van der Waals surface area contributed by atoms with Gasteiger partial charge < -0.3 is 9.88 Å². The summed E-state index contributed by atoms with van der Waals surface area (Å²) in [4.78, 5) is 38.3. The van der Waals surface area contributed by atoms with E-state index in [4.69, 9.17) is 0 Å². The van der Waals surface area contributed by atoms with Gasteiger partial charge in [0.25, 0.3) is 5.91 Å². The monoisotopic (exact) mass is 493 g/mol. The standard InChI is InChI=1S/C24H18F3N7O2/c1-13(2)34-11-19(18-10-29-12-30-21(18)34)20(35)15-7-17(9-28-8-15)31-22(36)14-3-5-16(6-4-14)23(32-33-23)24(25,26)27/h3-13H,1-2H3,(H,31,36). The first kappa shape index (κ1) is 23.3. The largest absolute Gasteiger partial charge is 0.442 e. The minimum Gasteiger partial charge on any atom is -0.329 e. The van der Waals surface area contributed by atoms with Crippen molar-refractivity contribution in [3.63, 3.8) is 0 Å². The zero-order chi connectivity index (χ0) is 25.7. The normalized spacial score (nSPS) is 14.3. The molecule has 1 aliphatic rings. The third kappa shape index (κ3) is 3.89. The van der Waals surface area contributed by atoms with Crippen LogP contribution < -0.4 is 5.32 Å². The fourth-order valence-corrected chi connectivity index (χ4v) is 3.85. The van der Waals surface area contributed by atoms with E-state index in [9.17, 15) is 22.8 Å². The molecule has 0 aliphatic carbocycles. The van der Waals surface area contributed by atoms with Crippen LogP contribution in [-0.4, -0.2) is 37.4 Å². The average Bonchev–Trinajstić information content (AvgIpc) is 3.59. The summed E-state index contributed by atoms with van der Waals surface area (Å²) in [6.45, 7) is 3.94. The van der Waals surface area contributed by atoms with E-state index in [1.165, 1.54) is 36.9 Å². The number of carbonyl (C=O) groups is 2. The van der Waals surface area contributed by atoms with Gasteiger partial charge >= 0.3 is 11.8 Å². The molecule has 3 aromatic heterocycles. The molecule has 0 bridgehead atoms. The molecule has 4 aromatic rings. The number of halogens is 3. The van der Waals surface area contributed by atoms with Crippen LogP contribution in [-0.2, 0) is 5.66 Å². The first-order valence-electron chi connectivity index (χ1n) is 10.8. The molecule has 0 radical (unpaired) electrons. The van der Waals surface area contributed by atoms with E-state index in [1.807, 2.05) is 18.4 Å². The van der Waals surface area contributed by atoms with Crippen molar-refractivity contribution in [2.45, 2.75) is 31.7 Å². The molecule has 9 nitrogen and oxygen atoms in total. The van der Waals surface area contributed by atoms with Gasteiger partial charge in [-0.15, -0.1) is 10.2 Å². The van der Waals surface area contributed by atoms with Crippen molar-refractivity contribution >= 4 is 28.4 Å². The molecule has 0 fully saturated rings. The van der Waals surface area contributed by atoms with Crippen LogP contribution in [0.1, 0.15) is 51.7 Å². The minimum atomic E-state index is -4.65. The fraction of sp³-hybridized carbons (Fsp3) is 0.208. The van der Waals surface area contributed by atoms with Crippen LogP contribution in [0.2, 0.25) is 0 Å². The van der Waals surface area contributed by atoms with Gasteiger partial charge in [-0.25, -0.2) is 9.97 Å². The Morgan fingerprint density at radius 1 is 1.00 bits per heavy atom. The Morgan fingerprint density at radius 2 is 1.72 bits per heavy atom. The first-order chi connectivity index (χ1) is 17.1. The molecule has 1 aliphatic heterocycles. The summed E-state index contributed by atoms with van der Waals surface area (Å²) in [6.07, 6.45) is 2.80. The molecule has 0 unspecified atom stereocenters. The van der Waals surface area contributed by atoms with Crippen LogP contribution >= 0.6 is 0 Å². The van der Waals surface area contributed by atoms with Crippen LogP contribution in [0.25, 0.3) is 11.0 Å². The molecule has 1 N–H and O–H groups in total. The smallest absolute Gasteiger partial charge is 0.329 e. The van der Waals surface area contributed by atoms with E-state index in [0.717, 1.165) is 12.1 Å². The van der Waals surface area contributed by atoms with Gasteiger partial charge in [0.2, 0.25) is 0 Å². The van der Waals surface area contributed by atoms with Crippen molar-refractivity contribution in [1.29, 1.82) is 0 Å². The van der Waals surface area contributed by atoms with E-state index in [1.54, 1.807) is 12.4 Å². The summed E-state index contributed by atoms with van der Waals surface area (Å²) in [5.41, 5.74) is -1.10. The van der Waals surface area contributed by atoms with Crippen molar-refractivity contribution in [1.82, 2.24) is 19.5 Å². The van der Waals surface area contributed by atoms with Crippen molar-refractivity contribution in [2.75, 3.05) is 5.32 Å². The zero-order valence-electron chi connectivity index (χ0n) is 19.0. The minimum absolute atomic E-state index is 0.0624.